The molecule has 0 N–H and O–H groups in total. The Hall–Kier alpha value is -2.56. The monoisotopic (exact) mass is 825 g/mol. The fourth-order valence-electron chi connectivity index (χ4n) is 9.13. The summed E-state index contributed by atoms with van der Waals surface area (Å²) in [6.07, 6.45) is 10.8. The fourth-order valence-corrected chi connectivity index (χ4v) is 40.9. The number of benzene rings is 4. The summed E-state index contributed by atoms with van der Waals surface area (Å²) in [5, 5.41) is 0. The van der Waals surface area contributed by atoms with Gasteiger partial charge in [-0.3, -0.25) is 0 Å². The van der Waals surface area contributed by atoms with Crippen LogP contribution in [0.4, 0.5) is 11.4 Å². The van der Waals surface area contributed by atoms with Crippen molar-refractivity contribution in [3.05, 3.63) is 144 Å². The van der Waals surface area contributed by atoms with E-state index >= 15 is 0 Å². The zero-order chi connectivity index (χ0) is 37.7. The van der Waals surface area contributed by atoms with Gasteiger partial charge >= 0.3 is 325 Å². The van der Waals surface area contributed by atoms with Gasteiger partial charge in [-0.2, -0.15) is 0 Å². The summed E-state index contributed by atoms with van der Waals surface area (Å²) in [6, 6.07) is 31.9. The molecule has 4 aromatic rings. The van der Waals surface area contributed by atoms with Crippen LogP contribution in [-0.4, -0.2) is 47.2 Å². The molecular weight excluding hydrogens is 771 g/mol. The molecule has 271 valence electrons. The first-order valence-corrected chi connectivity index (χ1v) is 35.3. The molecule has 0 fully saturated rings. The van der Waals surface area contributed by atoms with Crippen molar-refractivity contribution in [2.75, 3.05) is 41.3 Å². The van der Waals surface area contributed by atoms with Crippen molar-refractivity contribution in [3.63, 3.8) is 0 Å². The summed E-state index contributed by atoms with van der Waals surface area (Å²) in [5.41, 5.74) is 15.6. The van der Waals surface area contributed by atoms with Crippen LogP contribution in [0.15, 0.2) is 121 Å². The number of quaternary nitrogens is 2. The van der Waals surface area contributed by atoms with Gasteiger partial charge in [0.05, 0.1) is 0 Å². The fraction of sp³-hybridized carbons (Fsp3) is 0.304. The van der Waals surface area contributed by atoms with E-state index in [4.69, 9.17) is 17.0 Å². The van der Waals surface area contributed by atoms with Gasteiger partial charge in [0.15, 0.2) is 0 Å². The van der Waals surface area contributed by atoms with E-state index in [-0.39, 0.29) is 7.25 Å². The number of hydrogen-bond donors (Lipinski definition) is 0. The second-order valence-electron chi connectivity index (χ2n) is 16.4. The number of nitrogens with zero attached hydrogens (tertiary/aromatic N) is 2. The molecule has 6 rings (SSSR count). The zero-order valence-corrected chi connectivity index (χ0v) is 37.6. The minimum absolute atomic E-state index is 0.0811. The van der Waals surface area contributed by atoms with Crippen LogP contribution >= 0.6 is 17.0 Å². The average Bonchev–Trinajstić information content (AvgIpc) is 3.72. The summed E-state index contributed by atoms with van der Waals surface area (Å²) in [4.78, 5) is 0. The summed E-state index contributed by atoms with van der Waals surface area (Å²) in [7, 11) is 26.3. The van der Waals surface area contributed by atoms with Crippen LogP contribution in [0.1, 0.15) is 56.2 Å². The Kier molecular flexibility index (Phi) is 11.0. The topological polar surface area (TPSA) is 0 Å². The number of hydrogen-bond acceptors (Lipinski definition) is 0. The van der Waals surface area contributed by atoms with E-state index in [0.717, 1.165) is 34.9 Å². The van der Waals surface area contributed by atoms with Gasteiger partial charge in [-0.15, -0.1) is 0 Å². The summed E-state index contributed by atoms with van der Waals surface area (Å²) < 4.78 is 1.70. The minimum atomic E-state index is -4.85. The van der Waals surface area contributed by atoms with E-state index in [9.17, 15) is 0 Å². The predicted octanol–water partition coefficient (Wildman–Crippen LogP) is 12.9. The molecule has 2 aliphatic carbocycles. The molecule has 2 unspecified atom stereocenters. The normalized spacial score (nSPS) is 17.9. The Bertz CT molecular complexity index is 1930. The van der Waals surface area contributed by atoms with Crippen molar-refractivity contribution in [2.24, 2.45) is 0 Å². The average molecular weight is 828 g/mol. The summed E-state index contributed by atoms with van der Waals surface area (Å²) in [5.74, 6) is -1.65. The second kappa shape index (κ2) is 14.6. The quantitative estimate of drug-likeness (QED) is 0.0715. The van der Waals surface area contributed by atoms with E-state index in [0.29, 0.717) is 0 Å². The van der Waals surface area contributed by atoms with Gasteiger partial charge in [0.1, 0.15) is 0 Å². The number of likely N-dealkylation sites (N-methyl/N-ethyl adjacent to an activating group) is 2. The van der Waals surface area contributed by atoms with Crippen LogP contribution in [-0.2, 0) is 15.6 Å². The Morgan fingerprint density at radius 1 is 0.615 bits per heavy atom. The van der Waals surface area contributed by atoms with Gasteiger partial charge in [0, 0.05) is 0 Å². The van der Waals surface area contributed by atoms with Gasteiger partial charge < -0.3 is 0 Å². The number of fused-ring (bicyclic) bond motifs is 2. The van der Waals surface area contributed by atoms with Gasteiger partial charge in [-0.1, -0.05) is 0 Å². The first-order chi connectivity index (χ1) is 24.6. The maximum atomic E-state index is 8.68. The molecule has 4 aromatic carbocycles. The Balaban J connectivity index is 1.47. The van der Waals surface area contributed by atoms with Gasteiger partial charge in [-0.25, -0.2) is 0 Å². The van der Waals surface area contributed by atoms with Gasteiger partial charge in [0.2, 0.25) is 0 Å². The van der Waals surface area contributed by atoms with Crippen molar-refractivity contribution in [2.45, 2.75) is 47.0 Å². The first-order valence-electron chi connectivity index (χ1n) is 19.0. The van der Waals surface area contributed by atoms with E-state index < -0.39 is 21.5 Å². The standard InChI is InChI=1S/2C22H25N.C2H7Si.2ClH.Zr/c2*1-5-14-23(3,4)20-12-10-18(11-13-20)21-9-7-8-19-15-17(6-2)16-22(19)21;1-3-2;;;/h2*5,7-13,15-16H,1,6,14H2,2-4H3;3H,1-2H3;2*1H;/q2*+1;;;;+2/p-2. The number of allylic oxidation sites excluding steroid dienone is 2. The van der Waals surface area contributed by atoms with Crippen molar-refractivity contribution in [3.8, 4) is 22.3 Å². The number of halogens is 2. The summed E-state index contributed by atoms with van der Waals surface area (Å²) >= 11 is -4.85. The third kappa shape index (κ3) is 6.50. The zero-order valence-electron chi connectivity index (χ0n) is 32.5. The Morgan fingerprint density at radius 2 is 0.981 bits per heavy atom. The molecule has 52 heavy (non-hydrogen) atoms. The van der Waals surface area contributed by atoms with Crippen LogP contribution in [0.3, 0.4) is 0 Å². The third-order valence-electron chi connectivity index (χ3n) is 12.3. The Labute approximate surface area is 322 Å². The van der Waals surface area contributed by atoms with Crippen molar-refractivity contribution < 1.29 is 15.6 Å². The summed E-state index contributed by atoms with van der Waals surface area (Å²) in [6.45, 7) is 19.2. The van der Waals surface area contributed by atoms with Crippen molar-refractivity contribution >= 4 is 46.5 Å². The molecule has 0 heterocycles. The number of rotatable bonds is 13. The molecule has 0 saturated carbocycles. The molecule has 0 spiro atoms. The molecule has 6 heteroatoms. The predicted molar refractivity (Wildman–Crippen MR) is 234 cm³/mol. The molecule has 0 radical (unpaired) electrons. The molecule has 0 amide bonds. The van der Waals surface area contributed by atoms with E-state index in [1.165, 1.54) is 67.0 Å². The molecule has 0 aromatic heterocycles. The van der Waals surface area contributed by atoms with Crippen molar-refractivity contribution in [1.29, 1.82) is 0 Å². The molecule has 2 atom stereocenters. The van der Waals surface area contributed by atoms with Gasteiger partial charge in [0.25, 0.3) is 0 Å². The van der Waals surface area contributed by atoms with E-state index in [2.05, 4.69) is 165 Å². The third-order valence-corrected chi connectivity index (χ3v) is 64.1. The van der Waals surface area contributed by atoms with E-state index in [1.54, 1.807) is 0 Å². The van der Waals surface area contributed by atoms with Crippen molar-refractivity contribution in [1.82, 2.24) is 8.97 Å². The molecule has 2 aliphatic rings. The maximum absolute atomic E-state index is 8.68. The van der Waals surface area contributed by atoms with Crippen LogP contribution in [0.25, 0.3) is 34.4 Å². The van der Waals surface area contributed by atoms with Crippen LogP contribution < -0.4 is 8.97 Å². The van der Waals surface area contributed by atoms with Crippen LogP contribution in [0.2, 0.25) is 13.1 Å². The van der Waals surface area contributed by atoms with Crippen LogP contribution in [0, 0.1) is 0 Å². The molecule has 0 aliphatic heterocycles. The molecule has 2 nitrogen and oxygen atoms in total. The first kappa shape index (κ1) is 39.1. The Morgan fingerprint density at radius 3 is 1.29 bits per heavy atom. The molecular formula is C46H57Cl2N2SiZr+2. The second-order valence-corrected chi connectivity index (χ2v) is 58.9. The van der Waals surface area contributed by atoms with E-state index in [1.807, 2.05) is 12.2 Å². The SMILES string of the molecule is C=CC[N+](C)(C)c1ccc(-c2cccc3c2C=C(CC)[CH]3[Zr]([Cl])([Cl])([CH]2C(CC)=Cc3c(-c4ccc([N+](C)(C)CC=C)cc4)cccc32)[SiH](C)C)cc1. The van der Waals surface area contributed by atoms with Crippen LogP contribution in [0.5, 0.6) is 0 Å². The molecule has 0 bridgehead atoms. The molecule has 0 saturated heterocycles. The van der Waals surface area contributed by atoms with Gasteiger partial charge in [-0.05, 0) is 0 Å².